The number of carbonyl (C=O) groups excluding carboxylic acids is 2. The lowest BCUT2D eigenvalue weighted by Crippen LogP contribution is -2.28. The number of nitrogens with two attached hydrogens (primary N) is 1. The number of benzene rings is 3. The van der Waals surface area contributed by atoms with Crippen molar-refractivity contribution < 1.29 is 14.3 Å². The summed E-state index contributed by atoms with van der Waals surface area (Å²) in [6.45, 7) is 2.70. The molecule has 1 unspecified atom stereocenters. The summed E-state index contributed by atoms with van der Waals surface area (Å²) in [5, 5.41) is 3.01. The maximum Gasteiger partial charge on any atom is 0.251 e. The van der Waals surface area contributed by atoms with Gasteiger partial charge in [-0.3, -0.25) is 9.59 Å². The maximum absolute atomic E-state index is 12.5. The van der Waals surface area contributed by atoms with Crippen LogP contribution in [0.3, 0.4) is 0 Å². The zero-order valence-electron chi connectivity index (χ0n) is 16.3. The van der Waals surface area contributed by atoms with Gasteiger partial charge in [-0.25, -0.2) is 0 Å². The summed E-state index contributed by atoms with van der Waals surface area (Å²) < 4.78 is 5.74. The molecule has 0 aliphatic rings. The van der Waals surface area contributed by atoms with Crippen molar-refractivity contribution >= 4 is 11.8 Å². The monoisotopic (exact) mass is 388 g/mol. The van der Waals surface area contributed by atoms with E-state index in [9.17, 15) is 9.59 Å². The van der Waals surface area contributed by atoms with Gasteiger partial charge in [0.15, 0.2) is 0 Å². The number of hydrogen-bond acceptors (Lipinski definition) is 3. The second-order valence-corrected chi connectivity index (χ2v) is 6.74. The average Bonchev–Trinajstić information content (AvgIpc) is 2.75. The van der Waals surface area contributed by atoms with Gasteiger partial charge >= 0.3 is 0 Å². The van der Waals surface area contributed by atoms with E-state index in [2.05, 4.69) is 24.4 Å². The Morgan fingerprint density at radius 3 is 1.93 bits per heavy atom. The van der Waals surface area contributed by atoms with Crippen molar-refractivity contribution in [3.05, 3.63) is 95.6 Å². The van der Waals surface area contributed by atoms with Gasteiger partial charge in [-0.1, -0.05) is 37.3 Å². The molecule has 0 radical (unpaired) electrons. The van der Waals surface area contributed by atoms with Gasteiger partial charge in [-0.15, -0.1) is 0 Å². The highest BCUT2D eigenvalue weighted by molar-refractivity contribution is 5.94. The molecule has 3 N–H and O–H groups in total. The first-order valence-electron chi connectivity index (χ1n) is 9.57. The van der Waals surface area contributed by atoms with E-state index in [0.29, 0.717) is 29.2 Å². The molecule has 148 valence electrons. The van der Waals surface area contributed by atoms with Gasteiger partial charge in [0, 0.05) is 23.6 Å². The first-order chi connectivity index (χ1) is 14.1. The summed E-state index contributed by atoms with van der Waals surface area (Å²) in [6, 6.07) is 23.7. The zero-order valence-corrected chi connectivity index (χ0v) is 16.3. The number of ether oxygens (including phenoxy) is 1. The smallest absolute Gasteiger partial charge is 0.251 e. The molecular weight excluding hydrogens is 364 g/mol. The van der Waals surface area contributed by atoms with Crippen LogP contribution in [0.5, 0.6) is 11.5 Å². The fourth-order valence-electron chi connectivity index (χ4n) is 3.04. The Labute approximate surface area is 170 Å². The molecule has 5 heteroatoms. The van der Waals surface area contributed by atoms with Gasteiger partial charge in [0.2, 0.25) is 5.91 Å². The number of primary amides is 1. The minimum Gasteiger partial charge on any atom is -0.457 e. The first kappa shape index (κ1) is 20.1. The molecule has 1 atom stereocenters. The molecule has 0 heterocycles. The van der Waals surface area contributed by atoms with E-state index in [4.69, 9.17) is 10.5 Å². The van der Waals surface area contributed by atoms with Crippen LogP contribution in [0.15, 0.2) is 78.9 Å². The highest BCUT2D eigenvalue weighted by atomic mass is 16.5. The molecule has 0 saturated heterocycles. The predicted octanol–water partition coefficient (Wildman–Crippen LogP) is 4.50. The summed E-state index contributed by atoms with van der Waals surface area (Å²) in [7, 11) is 0. The Morgan fingerprint density at radius 2 is 1.41 bits per heavy atom. The van der Waals surface area contributed by atoms with Gasteiger partial charge in [0.25, 0.3) is 5.91 Å². The lowest BCUT2D eigenvalue weighted by molar-refractivity contribution is 0.0949. The third kappa shape index (κ3) is 5.45. The van der Waals surface area contributed by atoms with Gasteiger partial charge < -0.3 is 15.8 Å². The minimum atomic E-state index is -0.482. The van der Waals surface area contributed by atoms with Gasteiger partial charge in [0.05, 0.1) is 0 Å². The number of amides is 2. The number of rotatable bonds is 8. The number of carbonyl (C=O) groups is 2. The van der Waals surface area contributed by atoms with Crippen molar-refractivity contribution in [3.63, 3.8) is 0 Å². The normalized spacial score (nSPS) is 11.5. The standard InChI is InChI=1S/C24H24N2O3/c1-2-17(18-6-4-3-5-7-18)16-26-24(28)20-10-14-22(15-11-20)29-21-12-8-19(9-13-21)23(25)27/h3-15,17H,2,16H2,1H3,(H2,25,27)(H,26,28). The fourth-order valence-corrected chi connectivity index (χ4v) is 3.04. The van der Waals surface area contributed by atoms with Crippen LogP contribution in [0.25, 0.3) is 0 Å². The number of nitrogens with one attached hydrogen (secondary N) is 1. The van der Waals surface area contributed by atoms with Gasteiger partial charge in [-0.2, -0.15) is 0 Å². The van der Waals surface area contributed by atoms with E-state index in [-0.39, 0.29) is 11.8 Å². The molecule has 0 saturated carbocycles. The van der Waals surface area contributed by atoms with Crippen molar-refractivity contribution in [3.8, 4) is 11.5 Å². The molecule has 2 amide bonds. The predicted molar refractivity (Wildman–Crippen MR) is 113 cm³/mol. The zero-order chi connectivity index (χ0) is 20.6. The van der Waals surface area contributed by atoms with Crippen LogP contribution in [0.1, 0.15) is 45.5 Å². The summed E-state index contributed by atoms with van der Waals surface area (Å²) >= 11 is 0. The molecule has 0 aliphatic heterocycles. The van der Waals surface area contributed by atoms with Crippen molar-refractivity contribution in [2.45, 2.75) is 19.3 Å². The largest absolute Gasteiger partial charge is 0.457 e. The van der Waals surface area contributed by atoms with Crippen LogP contribution in [-0.2, 0) is 0 Å². The third-order valence-electron chi connectivity index (χ3n) is 4.76. The van der Waals surface area contributed by atoms with Crippen LogP contribution in [0.2, 0.25) is 0 Å². The van der Waals surface area contributed by atoms with Crippen molar-refractivity contribution in [2.24, 2.45) is 5.73 Å². The molecule has 3 rings (SSSR count). The second kappa shape index (κ2) is 9.55. The third-order valence-corrected chi connectivity index (χ3v) is 4.76. The maximum atomic E-state index is 12.5. The van der Waals surface area contributed by atoms with Crippen LogP contribution in [0.4, 0.5) is 0 Å². The van der Waals surface area contributed by atoms with E-state index >= 15 is 0 Å². The Balaban J connectivity index is 1.57. The Kier molecular flexibility index (Phi) is 6.63. The molecule has 3 aromatic rings. The first-order valence-corrected chi connectivity index (χ1v) is 9.57. The van der Waals surface area contributed by atoms with Crippen molar-refractivity contribution in [1.82, 2.24) is 5.32 Å². The highest BCUT2D eigenvalue weighted by Gasteiger charge is 2.12. The Hall–Kier alpha value is -3.60. The number of hydrogen-bond donors (Lipinski definition) is 2. The summed E-state index contributed by atoms with van der Waals surface area (Å²) in [6.07, 6.45) is 0.950. The van der Waals surface area contributed by atoms with Crippen molar-refractivity contribution in [1.29, 1.82) is 0 Å². The minimum absolute atomic E-state index is 0.114. The summed E-state index contributed by atoms with van der Waals surface area (Å²) in [5.41, 5.74) is 7.45. The quantitative estimate of drug-likeness (QED) is 0.596. The Morgan fingerprint density at radius 1 is 0.862 bits per heavy atom. The lowest BCUT2D eigenvalue weighted by Gasteiger charge is -2.16. The van der Waals surface area contributed by atoms with E-state index in [0.717, 1.165) is 6.42 Å². The van der Waals surface area contributed by atoms with E-state index in [1.807, 2.05) is 18.2 Å². The van der Waals surface area contributed by atoms with Crippen LogP contribution < -0.4 is 15.8 Å². The SMILES string of the molecule is CCC(CNC(=O)c1ccc(Oc2ccc(C(N)=O)cc2)cc1)c1ccccc1. The molecule has 0 bridgehead atoms. The van der Waals surface area contributed by atoms with Crippen LogP contribution >= 0.6 is 0 Å². The molecule has 0 spiro atoms. The highest BCUT2D eigenvalue weighted by Crippen LogP contribution is 2.22. The molecular formula is C24H24N2O3. The molecule has 3 aromatic carbocycles. The summed E-state index contributed by atoms with van der Waals surface area (Å²) in [4.78, 5) is 23.6. The van der Waals surface area contributed by atoms with Crippen molar-refractivity contribution in [2.75, 3.05) is 6.54 Å². The molecule has 0 fully saturated rings. The van der Waals surface area contributed by atoms with E-state index in [1.165, 1.54) is 5.56 Å². The molecule has 0 aromatic heterocycles. The van der Waals surface area contributed by atoms with Gasteiger partial charge in [-0.05, 0) is 60.5 Å². The van der Waals surface area contributed by atoms with E-state index in [1.54, 1.807) is 48.5 Å². The Bertz CT molecular complexity index is 952. The second-order valence-electron chi connectivity index (χ2n) is 6.74. The van der Waals surface area contributed by atoms with Crippen LogP contribution in [0, 0.1) is 0 Å². The molecule has 5 nitrogen and oxygen atoms in total. The lowest BCUT2D eigenvalue weighted by atomic mass is 9.96. The topological polar surface area (TPSA) is 81.4 Å². The fraction of sp³-hybridized carbons (Fsp3) is 0.167. The van der Waals surface area contributed by atoms with Gasteiger partial charge in [0.1, 0.15) is 11.5 Å². The van der Waals surface area contributed by atoms with E-state index < -0.39 is 5.91 Å². The van der Waals surface area contributed by atoms with Crippen LogP contribution in [-0.4, -0.2) is 18.4 Å². The summed E-state index contributed by atoms with van der Waals surface area (Å²) in [5.74, 6) is 0.873. The molecule has 29 heavy (non-hydrogen) atoms. The average molecular weight is 388 g/mol. The molecule has 0 aliphatic carbocycles.